The second-order valence-electron chi connectivity index (χ2n) is 11.8. The molecule has 0 radical (unpaired) electrons. The first kappa shape index (κ1) is 29.3. The van der Waals surface area contributed by atoms with Crippen LogP contribution in [0.4, 0.5) is 26.0 Å². The Morgan fingerprint density at radius 1 is 0.800 bits per heavy atom. The molecule has 7 nitrogen and oxygen atoms in total. The standard InChI is InChI=1S/C35H34ClF2N7/c1-24-26(12-13-41-14-16-42(17-15-41)31-8-4-2-6-28(31)37)35(44-20-18-43(19-21-44)32-9-5-3-7-29(32)38)45-33-22-25(36)10-11-30(33)40-34(45)27(24)23-39/h2-11,22H,12-21H2,1H3. The van der Waals surface area contributed by atoms with Crippen molar-refractivity contribution in [1.82, 2.24) is 14.3 Å². The van der Waals surface area contributed by atoms with E-state index in [2.05, 4.69) is 30.1 Å². The molecule has 0 unspecified atom stereocenters. The number of imidazole rings is 1. The van der Waals surface area contributed by atoms with Crippen molar-refractivity contribution in [2.75, 3.05) is 73.6 Å². The van der Waals surface area contributed by atoms with E-state index in [0.717, 1.165) is 67.1 Å². The number of pyridine rings is 1. The Morgan fingerprint density at radius 2 is 1.38 bits per heavy atom. The lowest BCUT2D eigenvalue weighted by Crippen LogP contribution is -2.48. The number of aromatic nitrogens is 2. The van der Waals surface area contributed by atoms with Gasteiger partial charge >= 0.3 is 0 Å². The van der Waals surface area contributed by atoms with Gasteiger partial charge in [-0.2, -0.15) is 5.26 Å². The van der Waals surface area contributed by atoms with Crippen LogP contribution in [-0.4, -0.2) is 73.2 Å². The van der Waals surface area contributed by atoms with Crippen LogP contribution in [0.2, 0.25) is 5.02 Å². The molecule has 0 saturated carbocycles. The molecular weight excluding hydrogens is 592 g/mol. The van der Waals surface area contributed by atoms with E-state index < -0.39 is 0 Å². The topological polar surface area (TPSA) is 54.0 Å². The van der Waals surface area contributed by atoms with Gasteiger partial charge in [0, 0.05) is 63.9 Å². The highest BCUT2D eigenvalue weighted by atomic mass is 35.5. The third-order valence-electron chi connectivity index (χ3n) is 9.28. The Kier molecular flexibility index (Phi) is 7.94. The molecule has 4 heterocycles. The fourth-order valence-electron chi connectivity index (χ4n) is 6.88. The van der Waals surface area contributed by atoms with Crippen LogP contribution in [0.1, 0.15) is 16.7 Å². The number of nitriles is 1. The maximum Gasteiger partial charge on any atom is 0.157 e. The van der Waals surface area contributed by atoms with E-state index in [4.69, 9.17) is 16.6 Å². The summed E-state index contributed by atoms with van der Waals surface area (Å²) >= 11 is 6.49. The van der Waals surface area contributed by atoms with E-state index in [-0.39, 0.29) is 11.6 Å². The molecule has 5 aromatic rings. The van der Waals surface area contributed by atoms with Gasteiger partial charge in [0.2, 0.25) is 0 Å². The molecule has 0 amide bonds. The lowest BCUT2D eigenvalue weighted by atomic mass is 10.00. The second kappa shape index (κ2) is 12.2. The summed E-state index contributed by atoms with van der Waals surface area (Å²) in [4.78, 5) is 13.9. The molecular formula is C35H34ClF2N7. The first-order valence-electron chi connectivity index (χ1n) is 15.4. The number of hydrogen-bond acceptors (Lipinski definition) is 6. The molecule has 3 aromatic carbocycles. The van der Waals surface area contributed by atoms with Gasteiger partial charge < -0.3 is 14.7 Å². The lowest BCUT2D eigenvalue weighted by Gasteiger charge is -2.39. The number of para-hydroxylation sites is 2. The van der Waals surface area contributed by atoms with E-state index in [1.807, 2.05) is 49.4 Å². The lowest BCUT2D eigenvalue weighted by molar-refractivity contribution is 0.260. The monoisotopic (exact) mass is 625 g/mol. The molecule has 2 saturated heterocycles. The average molecular weight is 626 g/mol. The third-order valence-corrected chi connectivity index (χ3v) is 9.51. The summed E-state index contributed by atoms with van der Waals surface area (Å²) in [7, 11) is 0. The van der Waals surface area contributed by atoms with Crippen molar-refractivity contribution in [3.63, 3.8) is 0 Å². The SMILES string of the molecule is Cc1c(CCN2CCN(c3ccccc3F)CC2)c(N2CCN(c3ccccc3F)CC2)n2c(nc3ccc(Cl)cc32)c1C#N. The largest absolute Gasteiger partial charge is 0.367 e. The van der Waals surface area contributed by atoms with Crippen LogP contribution < -0.4 is 14.7 Å². The van der Waals surface area contributed by atoms with Crippen LogP contribution in [0.15, 0.2) is 66.7 Å². The van der Waals surface area contributed by atoms with E-state index >= 15 is 0 Å². The van der Waals surface area contributed by atoms with Gasteiger partial charge in [-0.15, -0.1) is 0 Å². The molecule has 0 aliphatic carbocycles. The molecule has 7 rings (SSSR count). The van der Waals surface area contributed by atoms with Crippen molar-refractivity contribution < 1.29 is 8.78 Å². The minimum atomic E-state index is -0.214. The summed E-state index contributed by atoms with van der Waals surface area (Å²) in [5.74, 6) is 0.615. The molecule has 0 N–H and O–H groups in total. The van der Waals surface area contributed by atoms with Crippen molar-refractivity contribution in [3.05, 3.63) is 100 Å². The van der Waals surface area contributed by atoms with Crippen LogP contribution >= 0.6 is 11.6 Å². The zero-order valence-corrected chi connectivity index (χ0v) is 25.9. The highest BCUT2D eigenvalue weighted by Crippen LogP contribution is 2.35. The smallest absolute Gasteiger partial charge is 0.157 e. The molecule has 2 aliphatic rings. The first-order valence-corrected chi connectivity index (χ1v) is 15.8. The van der Waals surface area contributed by atoms with E-state index in [1.165, 1.54) is 12.1 Å². The zero-order chi connectivity index (χ0) is 31.1. The Hall–Kier alpha value is -4.39. The number of rotatable bonds is 6. The minimum absolute atomic E-state index is 0.189. The number of nitrogens with zero attached hydrogens (tertiary/aromatic N) is 7. The van der Waals surface area contributed by atoms with E-state index in [9.17, 15) is 14.0 Å². The minimum Gasteiger partial charge on any atom is -0.367 e. The van der Waals surface area contributed by atoms with Gasteiger partial charge in [0.1, 0.15) is 23.5 Å². The fraction of sp³-hybridized carbons (Fsp3) is 0.314. The van der Waals surface area contributed by atoms with Crippen molar-refractivity contribution in [3.8, 4) is 6.07 Å². The van der Waals surface area contributed by atoms with Crippen LogP contribution in [0.5, 0.6) is 0 Å². The summed E-state index contributed by atoms with van der Waals surface area (Å²) in [6.45, 7) is 8.65. The average Bonchev–Trinajstić information content (AvgIpc) is 3.42. The van der Waals surface area contributed by atoms with Crippen LogP contribution in [-0.2, 0) is 6.42 Å². The Bertz CT molecular complexity index is 1920. The molecule has 10 heteroatoms. The fourth-order valence-corrected chi connectivity index (χ4v) is 7.04. The zero-order valence-electron chi connectivity index (χ0n) is 25.2. The summed E-state index contributed by atoms with van der Waals surface area (Å²) in [5.41, 5.74) is 6.14. The summed E-state index contributed by atoms with van der Waals surface area (Å²) < 4.78 is 31.2. The highest BCUT2D eigenvalue weighted by molar-refractivity contribution is 6.31. The molecule has 2 aliphatic heterocycles. The summed E-state index contributed by atoms with van der Waals surface area (Å²) in [6.07, 6.45) is 0.735. The maximum absolute atomic E-state index is 14.7. The number of benzene rings is 3. The predicted octanol–water partition coefficient (Wildman–Crippen LogP) is 6.29. The summed E-state index contributed by atoms with van der Waals surface area (Å²) in [6, 6.07) is 22.0. The van der Waals surface area contributed by atoms with Gasteiger partial charge in [-0.3, -0.25) is 9.30 Å². The molecule has 2 fully saturated rings. The predicted molar refractivity (Wildman–Crippen MR) is 177 cm³/mol. The first-order chi connectivity index (χ1) is 21.9. The number of piperazine rings is 2. The van der Waals surface area contributed by atoms with Crippen molar-refractivity contribution in [1.29, 1.82) is 5.26 Å². The van der Waals surface area contributed by atoms with Crippen molar-refractivity contribution in [2.45, 2.75) is 13.3 Å². The van der Waals surface area contributed by atoms with Gasteiger partial charge in [0.15, 0.2) is 5.65 Å². The molecule has 230 valence electrons. The molecule has 45 heavy (non-hydrogen) atoms. The van der Waals surface area contributed by atoms with Crippen molar-refractivity contribution >= 4 is 45.5 Å². The number of anilines is 3. The molecule has 2 aromatic heterocycles. The van der Waals surface area contributed by atoms with Gasteiger partial charge in [0.25, 0.3) is 0 Å². The van der Waals surface area contributed by atoms with Crippen LogP contribution in [0.3, 0.4) is 0 Å². The van der Waals surface area contributed by atoms with Gasteiger partial charge in [-0.25, -0.2) is 13.8 Å². The van der Waals surface area contributed by atoms with Gasteiger partial charge in [-0.05, 0) is 66.9 Å². The summed E-state index contributed by atoms with van der Waals surface area (Å²) in [5, 5.41) is 11.0. The molecule has 0 bridgehead atoms. The van der Waals surface area contributed by atoms with Gasteiger partial charge in [-0.1, -0.05) is 35.9 Å². The quantitative estimate of drug-likeness (QED) is 0.221. The maximum atomic E-state index is 14.7. The molecule has 0 spiro atoms. The molecule has 0 atom stereocenters. The van der Waals surface area contributed by atoms with Crippen LogP contribution in [0, 0.1) is 29.9 Å². The normalized spacial score (nSPS) is 16.1. The second-order valence-corrected chi connectivity index (χ2v) is 12.2. The Morgan fingerprint density at radius 3 is 1.98 bits per heavy atom. The van der Waals surface area contributed by atoms with E-state index in [0.29, 0.717) is 53.8 Å². The van der Waals surface area contributed by atoms with E-state index in [1.54, 1.807) is 12.1 Å². The number of fused-ring (bicyclic) bond motifs is 3. The Balaban J connectivity index is 1.22. The number of halogens is 3. The van der Waals surface area contributed by atoms with Crippen molar-refractivity contribution in [2.24, 2.45) is 0 Å². The Labute approximate surface area is 266 Å². The third kappa shape index (κ3) is 5.43. The highest BCUT2D eigenvalue weighted by Gasteiger charge is 2.28. The van der Waals surface area contributed by atoms with Gasteiger partial charge in [0.05, 0.1) is 28.0 Å². The number of hydrogen-bond donors (Lipinski definition) is 0. The van der Waals surface area contributed by atoms with Crippen LogP contribution in [0.25, 0.3) is 16.7 Å².